The third kappa shape index (κ3) is 2.89. The Labute approximate surface area is 71.5 Å². The lowest BCUT2D eigenvalue weighted by Gasteiger charge is -2.07. The fraction of sp³-hybridized carbons (Fsp3) is 0.750. The second-order valence-electron chi connectivity index (χ2n) is 2.77. The first-order valence-corrected chi connectivity index (χ1v) is 4.08. The zero-order valence-electron chi connectivity index (χ0n) is 6.88. The van der Waals surface area contributed by atoms with Gasteiger partial charge in [0.1, 0.15) is 6.54 Å². The van der Waals surface area contributed by atoms with Gasteiger partial charge in [-0.1, -0.05) is 0 Å². The minimum Gasteiger partial charge on any atom is -0.378 e. The number of carbonyl (C=O) groups excluding carboxylic acids is 1. The van der Waals surface area contributed by atoms with Crippen molar-refractivity contribution < 1.29 is 9.53 Å². The Balaban J connectivity index is 2.13. The predicted molar refractivity (Wildman–Crippen MR) is 42.2 cm³/mol. The van der Waals surface area contributed by atoms with Gasteiger partial charge in [-0.3, -0.25) is 4.79 Å². The van der Waals surface area contributed by atoms with E-state index in [0.717, 1.165) is 19.4 Å². The maximum atomic E-state index is 11.0. The lowest BCUT2D eigenvalue weighted by molar-refractivity contribution is -0.122. The molecular weight excluding hydrogens is 156 g/mol. The molecule has 0 aromatic carbocycles. The van der Waals surface area contributed by atoms with Crippen LogP contribution < -0.4 is 5.32 Å². The highest BCUT2D eigenvalue weighted by Gasteiger charge is 2.18. The van der Waals surface area contributed by atoms with Crippen molar-refractivity contribution in [2.45, 2.75) is 25.4 Å². The molecule has 0 radical (unpaired) electrons. The Kier molecular flexibility index (Phi) is 3.55. The van der Waals surface area contributed by atoms with Crippen molar-refractivity contribution >= 4 is 5.91 Å². The number of rotatable bonds is 3. The van der Waals surface area contributed by atoms with Gasteiger partial charge in [0.2, 0.25) is 5.91 Å². The standard InChI is InChI=1S/C8H12N2O2/c9-3-4-10-8(11)6-7-2-1-5-12-7/h7H,1-2,4-6H2,(H,10,11). The monoisotopic (exact) mass is 168 g/mol. The number of nitriles is 1. The summed E-state index contributed by atoms with van der Waals surface area (Å²) in [5.74, 6) is -0.0940. The normalized spacial score (nSPS) is 21.8. The number of hydrogen-bond donors (Lipinski definition) is 1. The lowest BCUT2D eigenvalue weighted by Crippen LogP contribution is -2.27. The van der Waals surface area contributed by atoms with E-state index >= 15 is 0 Å². The minimum absolute atomic E-state index is 0.0729. The number of hydrogen-bond acceptors (Lipinski definition) is 3. The molecule has 0 bridgehead atoms. The maximum absolute atomic E-state index is 11.0. The molecule has 1 aliphatic heterocycles. The summed E-state index contributed by atoms with van der Waals surface area (Å²) < 4.78 is 5.26. The highest BCUT2D eigenvalue weighted by Crippen LogP contribution is 2.14. The summed E-state index contributed by atoms with van der Waals surface area (Å²) in [4.78, 5) is 11.0. The van der Waals surface area contributed by atoms with Crippen LogP contribution in [-0.4, -0.2) is 25.2 Å². The van der Waals surface area contributed by atoms with Crippen LogP contribution in [0.2, 0.25) is 0 Å². The fourth-order valence-electron chi connectivity index (χ4n) is 1.22. The molecule has 12 heavy (non-hydrogen) atoms. The van der Waals surface area contributed by atoms with Crippen molar-refractivity contribution in [1.82, 2.24) is 5.32 Å². The van der Waals surface area contributed by atoms with Gasteiger partial charge < -0.3 is 10.1 Å². The highest BCUT2D eigenvalue weighted by atomic mass is 16.5. The summed E-state index contributed by atoms with van der Waals surface area (Å²) in [5, 5.41) is 10.7. The second-order valence-corrected chi connectivity index (χ2v) is 2.77. The molecule has 4 nitrogen and oxygen atoms in total. The average Bonchev–Trinajstić information content (AvgIpc) is 2.53. The van der Waals surface area contributed by atoms with Gasteiger partial charge in [0, 0.05) is 6.61 Å². The van der Waals surface area contributed by atoms with Crippen LogP contribution in [0.25, 0.3) is 0 Å². The third-order valence-electron chi connectivity index (χ3n) is 1.80. The molecule has 66 valence electrons. The molecule has 1 heterocycles. The number of carbonyl (C=O) groups is 1. The molecule has 1 saturated heterocycles. The van der Waals surface area contributed by atoms with Crippen molar-refractivity contribution in [2.75, 3.05) is 13.2 Å². The zero-order chi connectivity index (χ0) is 8.81. The first-order chi connectivity index (χ1) is 5.83. The quantitative estimate of drug-likeness (QED) is 0.612. The second kappa shape index (κ2) is 4.73. The van der Waals surface area contributed by atoms with Crippen LogP contribution in [0.5, 0.6) is 0 Å². The predicted octanol–water partition coefficient (Wildman–Crippen LogP) is 0.195. The molecular formula is C8H12N2O2. The van der Waals surface area contributed by atoms with Gasteiger partial charge in [0.25, 0.3) is 0 Å². The molecule has 0 aromatic heterocycles. The Bertz CT molecular complexity index is 192. The van der Waals surface area contributed by atoms with Gasteiger partial charge in [0.15, 0.2) is 0 Å². The summed E-state index contributed by atoms with van der Waals surface area (Å²) in [5.41, 5.74) is 0. The number of nitrogens with one attached hydrogen (secondary N) is 1. The molecule has 1 fully saturated rings. The molecule has 0 spiro atoms. The summed E-state index contributed by atoms with van der Waals surface area (Å²) in [6.45, 7) is 0.849. The maximum Gasteiger partial charge on any atom is 0.223 e. The van der Waals surface area contributed by atoms with Crippen molar-refractivity contribution in [3.05, 3.63) is 0 Å². The summed E-state index contributed by atoms with van der Waals surface area (Å²) >= 11 is 0. The smallest absolute Gasteiger partial charge is 0.223 e. The first kappa shape index (κ1) is 9.01. The van der Waals surface area contributed by atoms with E-state index in [1.54, 1.807) is 0 Å². The average molecular weight is 168 g/mol. The van der Waals surface area contributed by atoms with Crippen molar-refractivity contribution in [2.24, 2.45) is 0 Å². The van der Waals surface area contributed by atoms with E-state index in [1.807, 2.05) is 6.07 Å². The Morgan fingerprint density at radius 2 is 2.58 bits per heavy atom. The van der Waals surface area contributed by atoms with Crippen LogP contribution >= 0.6 is 0 Å². The molecule has 1 atom stereocenters. The molecule has 1 amide bonds. The summed E-state index contributed by atoms with van der Waals surface area (Å²) in [6.07, 6.45) is 2.46. The van der Waals surface area contributed by atoms with E-state index in [0.29, 0.717) is 6.42 Å². The van der Waals surface area contributed by atoms with E-state index in [9.17, 15) is 4.79 Å². The molecule has 1 rings (SSSR count). The van der Waals surface area contributed by atoms with E-state index in [1.165, 1.54) is 0 Å². The Morgan fingerprint density at radius 1 is 1.75 bits per heavy atom. The van der Waals surface area contributed by atoms with E-state index in [2.05, 4.69) is 5.32 Å². The number of nitrogens with zero attached hydrogens (tertiary/aromatic N) is 1. The van der Waals surface area contributed by atoms with Crippen LogP contribution in [0.3, 0.4) is 0 Å². The Morgan fingerprint density at radius 3 is 3.17 bits per heavy atom. The Hall–Kier alpha value is -1.08. The zero-order valence-corrected chi connectivity index (χ0v) is 6.88. The molecule has 4 heteroatoms. The van der Waals surface area contributed by atoms with E-state index < -0.39 is 0 Å². The van der Waals surface area contributed by atoms with Crippen LogP contribution in [0.15, 0.2) is 0 Å². The van der Waals surface area contributed by atoms with Gasteiger partial charge in [0.05, 0.1) is 18.6 Å². The van der Waals surface area contributed by atoms with Crippen LogP contribution in [-0.2, 0) is 9.53 Å². The molecule has 0 saturated carbocycles. The van der Waals surface area contributed by atoms with Gasteiger partial charge in [-0.25, -0.2) is 0 Å². The van der Waals surface area contributed by atoms with Crippen molar-refractivity contribution in [3.63, 3.8) is 0 Å². The SMILES string of the molecule is N#CCNC(=O)CC1CCCO1. The van der Waals surface area contributed by atoms with Crippen LogP contribution in [0.1, 0.15) is 19.3 Å². The molecule has 1 aliphatic rings. The van der Waals surface area contributed by atoms with E-state index in [4.69, 9.17) is 10.00 Å². The van der Waals surface area contributed by atoms with Crippen LogP contribution in [0.4, 0.5) is 0 Å². The van der Waals surface area contributed by atoms with Gasteiger partial charge >= 0.3 is 0 Å². The number of ether oxygens (including phenoxy) is 1. The lowest BCUT2D eigenvalue weighted by atomic mass is 10.2. The van der Waals surface area contributed by atoms with Crippen molar-refractivity contribution in [1.29, 1.82) is 5.26 Å². The van der Waals surface area contributed by atoms with E-state index in [-0.39, 0.29) is 18.6 Å². The molecule has 1 N–H and O–H groups in total. The summed E-state index contributed by atoms with van der Waals surface area (Å²) in [6, 6.07) is 1.85. The molecule has 0 aliphatic carbocycles. The topological polar surface area (TPSA) is 62.1 Å². The summed E-state index contributed by atoms with van der Waals surface area (Å²) in [7, 11) is 0. The third-order valence-corrected chi connectivity index (χ3v) is 1.80. The molecule has 1 unspecified atom stereocenters. The first-order valence-electron chi connectivity index (χ1n) is 4.08. The highest BCUT2D eigenvalue weighted by molar-refractivity contribution is 5.76. The largest absolute Gasteiger partial charge is 0.378 e. The fourth-order valence-corrected chi connectivity index (χ4v) is 1.22. The molecule has 0 aromatic rings. The van der Waals surface area contributed by atoms with Crippen LogP contribution in [0, 0.1) is 11.3 Å². The van der Waals surface area contributed by atoms with Crippen molar-refractivity contribution in [3.8, 4) is 6.07 Å². The minimum atomic E-state index is -0.0940. The van der Waals surface area contributed by atoms with Gasteiger partial charge in [-0.15, -0.1) is 0 Å². The number of amides is 1. The van der Waals surface area contributed by atoms with Gasteiger partial charge in [-0.2, -0.15) is 5.26 Å². The van der Waals surface area contributed by atoms with Gasteiger partial charge in [-0.05, 0) is 12.8 Å².